The molecule has 0 bridgehead atoms. The van der Waals surface area contributed by atoms with E-state index in [-0.39, 0.29) is 5.91 Å². The number of aromatic nitrogens is 4. The molecule has 0 atom stereocenters. The fourth-order valence-electron chi connectivity index (χ4n) is 2.79. The molecule has 0 radical (unpaired) electrons. The Labute approximate surface area is 169 Å². The van der Waals surface area contributed by atoms with Crippen molar-refractivity contribution < 1.29 is 4.79 Å². The van der Waals surface area contributed by atoms with Crippen LogP contribution in [0.15, 0.2) is 82.6 Å². The molecule has 4 aromatic rings. The quantitative estimate of drug-likeness (QED) is 0.543. The standard InChI is InChI=1S/C20H14ClN5O3/c21-16-12-14(5-6-17(16)25-10-2-9-22-25)23-20(29)13-3-1-4-15(11-13)26-19(28)8-7-18(27)24-26/h1-12H,(H,23,29)(H,24,27). The summed E-state index contributed by atoms with van der Waals surface area (Å²) in [7, 11) is 0. The molecule has 4 rings (SSSR count). The van der Waals surface area contributed by atoms with Crippen molar-refractivity contribution in [3.8, 4) is 11.4 Å². The van der Waals surface area contributed by atoms with Crippen molar-refractivity contribution in [2.24, 2.45) is 0 Å². The molecule has 144 valence electrons. The third-order valence-corrected chi connectivity index (χ3v) is 4.45. The van der Waals surface area contributed by atoms with Crippen LogP contribution in [0.3, 0.4) is 0 Å². The molecule has 0 spiro atoms. The van der Waals surface area contributed by atoms with Crippen molar-refractivity contribution in [1.82, 2.24) is 19.6 Å². The van der Waals surface area contributed by atoms with Crippen LogP contribution >= 0.6 is 11.6 Å². The van der Waals surface area contributed by atoms with Gasteiger partial charge >= 0.3 is 0 Å². The zero-order valence-corrected chi connectivity index (χ0v) is 15.6. The molecule has 0 unspecified atom stereocenters. The van der Waals surface area contributed by atoms with Crippen molar-refractivity contribution in [1.29, 1.82) is 0 Å². The number of halogens is 1. The third-order valence-electron chi connectivity index (χ3n) is 4.14. The number of hydrogen-bond donors (Lipinski definition) is 2. The summed E-state index contributed by atoms with van der Waals surface area (Å²) >= 11 is 6.30. The first-order valence-electron chi connectivity index (χ1n) is 8.55. The molecule has 0 aliphatic carbocycles. The molecule has 0 fully saturated rings. The second-order valence-corrected chi connectivity index (χ2v) is 6.51. The lowest BCUT2D eigenvalue weighted by molar-refractivity contribution is 0.102. The predicted octanol–water partition coefficient (Wildman–Crippen LogP) is 2.62. The molecule has 2 aromatic heterocycles. The number of nitrogens with zero attached hydrogens (tertiary/aromatic N) is 3. The van der Waals surface area contributed by atoms with Crippen LogP contribution in [0.1, 0.15) is 10.4 Å². The van der Waals surface area contributed by atoms with Crippen LogP contribution in [0.4, 0.5) is 5.69 Å². The van der Waals surface area contributed by atoms with Crippen LogP contribution in [-0.2, 0) is 0 Å². The predicted molar refractivity (Wildman–Crippen MR) is 109 cm³/mol. The van der Waals surface area contributed by atoms with Gasteiger partial charge in [0.15, 0.2) is 0 Å². The average Bonchev–Trinajstić information content (AvgIpc) is 3.24. The fourth-order valence-corrected chi connectivity index (χ4v) is 3.05. The molecule has 29 heavy (non-hydrogen) atoms. The largest absolute Gasteiger partial charge is 0.322 e. The summed E-state index contributed by atoms with van der Waals surface area (Å²) in [5, 5.41) is 9.74. The number of nitrogens with one attached hydrogen (secondary N) is 2. The van der Waals surface area contributed by atoms with Gasteiger partial charge in [-0.1, -0.05) is 17.7 Å². The maximum absolute atomic E-state index is 12.6. The summed E-state index contributed by atoms with van der Waals surface area (Å²) in [5.41, 5.74) is 1.03. The van der Waals surface area contributed by atoms with Crippen LogP contribution in [-0.4, -0.2) is 25.5 Å². The zero-order chi connectivity index (χ0) is 20.4. The van der Waals surface area contributed by atoms with Gasteiger partial charge in [-0.25, -0.2) is 9.36 Å². The second kappa shape index (κ2) is 7.61. The van der Waals surface area contributed by atoms with Gasteiger partial charge in [-0.15, -0.1) is 0 Å². The number of benzene rings is 2. The third kappa shape index (κ3) is 3.87. The molecular formula is C20H14ClN5O3. The van der Waals surface area contributed by atoms with E-state index in [1.165, 1.54) is 6.07 Å². The number of H-pyrrole nitrogens is 1. The smallest absolute Gasteiger partial charge is 0.269 e. The highest BCUT2D eigenvalue weighted by Gasteiger charge is 2.11. The minimum Gasteiger partial charge on any atom is -0.322 e. The van der Waals surface area contributed by atoms with Crippen LogP contribution in [0.25, 0.3) is 11.4 Å². The first-order valence-corrected chi connectivity index (χ1v) is 8.93. The Balaban J connectivity index is 1.59. The van der Waals surface area contributed by atoms with Crippen molar-refractivity contribution in [3.63, 3.8) is 0 Å². The fraction of sp³-hybridized carbons (Fsp3) is 0. The Morgan fingerprint density at radius 1 is 1.03 bits per heavy atom. The number of aromatic amines is 1. The van der Waals surface area contributed by atoms with Crippen LogP contribution in [0, 0.1) is 0 Å². The van der Waals surface area contributed by atoms with Gasteiger partial charge in [0.1, 0.15) is 0 Å². The SMILES string of the molecule is O=C(Nc1ccc(-n2cccn2)c(Cl)c1)c1cccc(-n2[nH]c(=O)ccc2=O)c1. The van der Waals surface area contributed by atoms with E-state index in [0.29, 0.717) is 27.6 Å². The lowest BCUT2D eigenvalue weighted by Crippen LogP contribution is -2.26. The number of carbonyl (C=O) groups is 1. The van der Waals surface area contributed by atoms with Crippen molar-refractivity contribution in [2.45, 2.75) is 0 Å². The van der Waals surface area contributed by atoms with E-state index >= 15 is 0 Å². The first kappa shape index (κ1) is 18.5. The van der Waals surface area contributed by atoms with Crippen LogP contribution in [0.2, 0.25) is 5.02 Å². The number of carbonyl (C=O) groups excluding carboxylic acids is 1. The van der Waals surface area contributed by atoms with Crippen LogP contribution < -0.4 is 16.4 Å². The average molecular weight is 408 g/mol. The Morgan fingerprint density at radius 3 is 2.66 bits per heavy atom. The molecule has 0 saturated heterocycles. The van der Waals surface area contributed by atoms with Crippen molar-refractivity contribution >= 4 is 23.2 Å². The minimum absolute atomic E-state index is 0.311. The minimum atomic E-state index is -0.425. The van der Waals surface area contributed by atoms with Gasteiger partial charge in [0, 0.05) is 35.8 Å². The van der Waals surface area contributed by atoms with Gasteiger partial charge in [0.25, 0.3) is 17.0 Å². The van der Waals surface area contributed by atoms with Crippen molar-refractivity contribution in [2.75, 3.05) is 5.32 Å². The lowest BCUT2D eigenvalue weighted by Gasteiger charge is -2.10. The summed E-state index contributed by atoms with van der Waals surface area (Å²) in [6.07, 6.45) is 3.41. The van der Waals surface area contributed by atoms with Crippen LogP contribution in [0.5, 0.6) is 0 Å². The molecule has 1 amide bonds. The Bertz CT molecular complexity index is 1310. The Kier molecular flexibility index (Phi) is 4.84. The summed E-state index contributed by atoms with van der Waals surface area (Å²) in [4.78, 5) is 36.1. The second-order valence-electron chi connectivity index (χ2n) is 6.10. The normalized spacial score (nSPS) is 10.7. The monoisotopic (exact) mass is 407 g/mol. The zero-order valence-electron chi connectivity index (χ0n) is 14.9. The molecule has 2 N–H and O–H groups in total. The highest BCUT2D eigenvalue weighted by atomic mass is 35.5. The van der Waals surface area contributed by atoms with E-state index < -0.39 is 11.1 Å². The Hall–Kier alpha value is -3.91. The molecule has 0 saturated carbocycles. The van der Waals surface area contributed by atoms with Gasteiger partial charge in [-0.3, -0.25) is 19.5 Å². The summed E-state index contributed by atoms with van der Waals surface area (Å²) in [6, 6.07) is 15.5. The maximum atomic E-state index is 12.6. The molecule has 0 aliphatic heterocycles. The molecular weight excluding hydrogens is 394 g/mol. The number of hydrogen-bond acceptors (Lipinski definition) is 4. The molecule has 2 aromatic carbocycles. The van der Waals surface area contributed by atoms with E-state index in [9.17, 15) is 14.4 Å². The van der Waals surface area contributed by atoms with Gasteiger partial charge in [0.2, 0.25) is 0 Å². The van der Waals surface area contributed by atoms with Gasteiger partial charge < -0.3 is 5.32 Å². The lowest BCUT2D eigenvalue weighted by atomic mass is 10.1. The highest BCUT2D eigenvalue weighted by Crippen LogP contribution is 2.24. The van der Waals surface area contributed by atoms with Gasteiger partial charge in [-0.05, 0) is 42.5 Å². The summed E-state index contributed by atoms with van der Waals surface area (Å²) in [6.45, 7) is 0. The number of amides is 1. The topological polar surface area (TPSA) is 102 Å². The van der Waals surface area contributed by atoms with Crippen molar-refractivity contribution in [3.05, 3.63) is 104 Å². The Morgan fingerprint density at radius 2 is 1.90 bits per heavy atom. The van der Waals surface area contributed by atoms with Gasteiger partial charge in [0.05, 0.1) is 16.4 Å². The number of anilines is 1. The van der Waals surface area contributed by atoms with E-state index in [1.807, 2.05) is 0 Å². The van der Waals surface area contributed by atoms with E-state index in [0.717, 1.165) is 16.8 Å². The molecule has 0 aliphatic rings. The number of rotatable bonds is 4. The van der Waals surface area contributed by atoms with Gasteiger partial charge in [-0.2, -0.15) is 5.10 Å². The molecule has 9 heteroatoms. The summed E-state index contributed by atoms with van der Waals surface area (Å²) in [5.74, 6) is -0.388. The van der Waals surface area contributed by atoms with E-state index in [2.05, 4.69) is 15.5 Å². The van der Waals surface area contributed by atoms with E-state index in [4.69, 9.17) is 11.6 Å². The summed E-state index contributed by atoms with van der Waals surface area (Å²) < 4.78 is 2.70. The maximum Gasteiger partial charge on any atom is 0.269 e. The molecule has 2 heterocycles. The first-order chi connectivity index (χ1) is 14.0. The molecule has 8 nitrogen and oxygen atoms in total. The van der Waals surface area contributed by atoms with E-state index in [1.54, 1.807) is 59.5 Å². The highest BCUT2D eigenvalue weighted by molar-refractivity contribution is 6.32.